The van der Waals surface area contributed by atoms with E-state index in [0.717, 1.165) is 0 Å². The third-order valence-electron chi connectivity index (χ3n) is 5.09. The summed E-state index contributed by atoms with van der Waals surface area (Å²) in [5, 5.41) is 0. The minimum Gasteiger partial charge on any atom is -0.467 e. The molecule has 4 atom stereocenters. The molecule has 2 heterocycles. The minimum absolute atomic E-state index is 0.0779. The molecule has 0 amide bonds. The SMILES string of the molecule is CCC1(CC)O[C@H]2C[C@@H]3OC(C)(C)O[C@@H]3C[C@@]2(C(=O)OC)O1. The maximum atomic E-state index is 12.5. The Morgan fingerprint density at radius 2 is 1.77 bits per heavy atom. The van der Waals surface area contributed by atoms with Crippen molar-refractivity contribution in [3.8, 4) is 0 Å². The molecule has 0 radical (unpaired) electrons. The molecule has 3 aliphatic rings. The molecule has 0 aromatic rings. The van der Waals surface area contributed by atoms with Gasteiger partial charge in [0.1, 0.15) is 6.10 Å². The highest BCUT2D eigenvalue weighted by atomic mass is 16.8. The Hall–Kier alpha value is -0.690. The van der Waals surface area contributed by atoms with E-state index in [1.807, 2.05) is 27.7 Å². The van der Waals surface area contributed by atoms with Crippen LogP contribution in [0.4, 0.5) is 0 Å². The smallest absolute Gasteiger partial charge is 0.341 e. The van der Waals surface area contributed by atoms with Crippen LogP contribution in [-0.4, -0.2) is 48.6 Å². The van der Waals surface area contributed by atoms with E-state index in [-0.39, 0.29) is 24.3 Å². The van der Waals surface area contributed by atoms with Crippen molar-refractivity contribution < 1.29 is 28.5 Å². The Morgan fingerprint density at radius 3 is 2.36 bits per heavy atom. The summed E-state index contributed by atoms with van der Waals surface area (Å²) < 4.78 is 29.4. The van der Waals surface area contributed by atoms with Crippen LogP contribution >= 0.6 is 0 Å². The summed E-state index contributed by atoms with van der Waals surface area (Å²) in [5.74, 6) is -1.75. The molecular weight excluding hydrogens is 288 g/mol. The van der Waals surface area contributed by atoms with E-state index < -0.39 is 17.2 Å². The molecular formula is C16H26O6. The number of hydrogen-bond acceptors (Lipinski definition) is 6. The summed E-state index contributed by atoms with van der Waals surface area (Å²) in [4.78, 5) is 12.5. The Morgan fingerprint density at radius 1 is 1.14 bits per heavy atom. The largest absolute Gasteiger partial charge is 0.467 e. The second kappa shape index (κ2) is 5.16. The molecule has 0 spiro atoms. The molecule has 22 heavy (non-hydrogen) atoms. The van der Waals surface area contributed by atoms with E-state index in [4.69, 9.17) is 23.7 Å². The summed E-state index contributed by atoms with van der Waals surface area (Å²) >= 11 is 0. The molecule has 0 unspecified atom stereocenters. The lowest BCUT2D eigenvalue weighted by Crippen LogP contribution is -2.57. The van der Waals surface area contributed by atoms with Gasteiger partial charge in [-0.1, -0.05) is 13.8 Å². The molecule has 1 saturated carbocycles. The lowest BCUT2D eigenvalue weighted by Gasteiger charge is -2.38. The molecule has 3 rings (SSSR count). The van der Waals surface area contributed by atoms with Crippen molar-refractivity contribution in [1.82, 2.24) is 0 Å². The highest BCUT2D eigenvalue weighted by molar-refractivity contribution is 5.81. The Bertz CT molecular complexity index is 458. The summed E-state index contributed by atoms with van der Waals surface area (Å²) in [5.41, 5.74) is -1.09. The fourth-order valence-electron chi connectivity index (χ4n) is 3.97. The lowest BCUT2D eigenvalue weighted by molar-refractivity contribution is -0.211. The zero-order chi connectivity index (χ0) is 16.2. The van der Waals surface area contributed by atoms with E-state index >= 15 is 0 Å². The molecule has 0 bridgehead atoms. The molecule has 126 valence electrons. The van der Waals surface area contributed by atoms with E-state index in [1.165, 1.54) is 7.11 Å². The van der Waals surface area contributed by atoms with Crippen molar-refractivity contribution in [2.24, 2.45) is 0 Å². The van der Waals surface area contributed by atoms with Gasteiger partial charge in [0.05, 0.1) is 19.3 Å². The van der Waals surface area contributed by atoms with Crippen LogP contribution in [0.3, 0.4) is 0 Å². The zero-order valence-electron chi connectivity index (χ0n) is 14.0. The van der Waals surface area contributed by atoms with Crippen LogP contribution in [0.1, 0.15) is 53.4 Å². The van der Waals surface area contributed by atoms with Crippen molar-refractivity contribution >= 4 is 5.97 Å². The van der Waals surface area contributed by atoms with Gasteiger partial charge in [0.15, 0.2) is 17.2 Å². The van der Waals surface area contributed by atoms with E-state index in [2.05, 4.69) is 0 Å². The topological polar surface area (TPSA) is 63.2 Å². The average molecular weight is 314 g/mol. The van der Waals surface area contributed by atoms with Crippen LogP contribution in [0.25, 0.3) is 0 Å². The quantitative estimate of drug-likeness (QED) is 0.744. The van der Waals surface area contributed by atoms with Crippen molar-refractivity contribution in [2.75, 3.05) is 7.11 Å². The molecule has 0 N–H and O–H groups in total. The van der Waals surface area contributed by atoms with Crippen molar-refractivity contribution in [3.63, 3.8) is 0 Å². The van der Waals surface area contributed by atoms with Gasteiger partial charge >= 0.3 is 5.97 Å². The Labute approximate surface area is 131 Å². The van der Waals surface area contributed by atoms with Crippen LogP contribution < -0.4 is 0 Å². The molecule has 3 fully saturated rings. The summed E-state index contributed by atoms with van der Waals surface area (Å²) in [6.45, 7) is 7.78. The third-order valence-corrected chi connectivity index (χ3v) is 5.09. The lowest BCUT2D eigenvalue weighted by atomic mass is 9.79. The molecule has 6 nitrogen and oxygen atoms in total. The molecule has 1 aliphatic carbocycles. The van der Waals surface area contributed by atoms with Gasteiger partial charge in [0, 0.05) is 12.8 Å². The normalized spacial score (nSPS) is 41.8. The van der Waals surface area contributed by atoms with Crippen LogP contribution in [0.2, 0.25) is 0 Å². The van der Waals surface area contributed by atoms with Crippen LogP contribution in [-0.2, 0) is 28.5 Å². The second-order valence-electron chi connectivity index (χ2n) is 6.86. The summed E-state index contributed by atoms with van der Waals surface area (Å²) in [6.07, 6.45) is 1.72. The number of carbonyl (C=O) groups is 1. The molecule has 0 aromatic carbocycles. The number of esters is 1. The molecule has 2 aliphatic heterocycles. The van der Waals surface area contributed by atoms with Crippen molar-refractivity contribution in [1.29, 1.82) is 0 Å². The molecule has 6 heteroatoms. The number of methoxy groups -OCH3 is 1. The van der Waals surface area contributed by atoms with Crippen molar-refractivity contribution in [2.45, 2.75) is 88.9 Å². The fraction of sp³-hybridized carbons (Fsp3) is 0.938. The number of carbonyl (C=O) groups excluding carboxylic acids is 1. The maximum Gasteiger partial charge on any atom is 0.341 e. The maximum absolute atomic E-state index is 12.5. The summed E-state index contributed by atoms with van der Waals surface area (Å²) in [7, 11) is 1.39. The van der Waals surface area contributed by atoms with E-state index in [0.29, 0.717) is 25.7 Å². The van der Waals surface area contributed by atoms with Crippen molar-refractivity contribution in [3.05, 3.63) is 0 Å². The first kappa shape index (κ1) is 16.2. The molecule has 0 aromatic heterocycles. The monoisotopic (exact) mass is 314 g/mol. The van der Waals surface area contributed by atoms with E-state index in [1.54, 1.807) is 0 Å². The van der Waals surface area contributed by atoms with Crippen LogP contribution in [0, 0.1) is 0 Å². The van der Waals surface area contributed by atoms with Gasteiger partial charge < -0.3 is 23.7 Å². The van der Waals surface area contributed by atoms with Crippen LogP contribution in [0.15, 0.2) is 0 Å². The number of fused-ring (bicyclic) bond motifs is 2. The fourth-order valence-corrected chi connectivity index (χ4v) is 3.97. The third kappa shape index (κ3) is 2.28. The van der Waals surface area contributed by atoms with Crippen LogP contribution in [0.5, 0.6) is 0 Å². The standard InChI is InChI=1S/C16H26O6/c1-6-15(7-2)21-12-8-10-11(20-14(3,4)19-10)9-16(12,22-15)13(17)18-5/h10-12H,6-9H2,1-5H3/t10-,11+,12-,16+/m0/s1. The first-order valence-corrected chi connectivity index (χ1v) is 8.12. The number of rotatable bonds is 3. The zero-order valence-corrected chi connectivity index (χ0v) is 14.0. The van der Waals surface area contributed by atoms with Gasteiger partial charge in [-0.2, -0.15) is 0 Å². The van der Waals surface area contributed by atoms with E-state index in [9.17, 15) is 4.79 Å². The Kier molecular flexibility index (Phi) is 3.79. The second-order valence-corrected chi connectivity index (χ2v) is 6.86. The summed E-state index contributed by atoms with van der Waals surface area (Å²) in [6, 6.07) is 0. The first-order chi connectivity index (χ1) is 10.3. The van der Waals surface area contributed by atoms with Gasteiger partial charge in [-0.15, -0.1) is 0 Å². The average Bonchev–Trinajstić information content (AvgIpc) is 2.96. The first-order valence-electron chi connectivity index (χ1n) is 8.12. The number of ether oxygens (including phenoxy) is 5. The minimum atomic E-state index is -1.09. The predicted molar refractivity (Wildman–Crippen MR) is 77.1 cm³/mol. The number of hydrogen-bond donors (Lipinski definition) is 0. The molecule has 2 saturated heterocycles. The van der Waals surface area contributed by atoms with Gasteiger partial charge in [0.2, 0.25) is 0 Å². The highest BCUT2D eigenvalue weighted by Crippen LogP contribution is 2.51. The van der Waals surface area contributed by atoms with Gasteiger partial charge in [-0.3, -0.25) is 0 Å². The van der Waals surface area contributed by atoms with Gasteiger partial charge in [0.25, 0.3) is 0 Å². The predicted octanol–water partition coefficient (Wildman–Crippen LogP) is 2.14. The highest BCUT2D eigenvalue weighted by Gasteiger charge is 2.66. The van der Waals surface area contributed by atoms with Gasteiger partial charge in [-0.25, -0.2) is 4.79 Å². The van der Waals surface area contributed by atoms with Gasteiger partial charge in [-0.05, 0) is 26.7 Å². The Balaban J connectivity index is 1.92.